The van der Waals surface area contributed by atoms with Gasteiger partial charge in [-0.1, -0.05) is 24.3 Å². The molecule has 0 saturated heterocycles. The Morgan fingerprint density at radius 2 is 1.34 bits per heavy atom. The molecule has 9 heteroatoms. The number of rotatable bonds is 8. The molecule has 0 amide bonds. The Kier molecular flexibility index (Phi) is 8.57. The minimum absolute atomic E-state index is 0.190. The van der Waals surface area contributed by atoms with Crippen molar-refractivity contribution in [3.63, 3.8) is 0 Å². The van der Waals surface area contributed by atoms with Crippen LogP contribution in [0.4, 0.5) is 0 Å². The molecule has 2 heterocycles. The summed E-state index contributed by atoms with van der Waals surface area (Å²) in [5.41, 5.74) is 0.939. The van der Waals surface area contributed by atoms with E-state index in [1.807, 2.05) is 0 Å². The topological polar surface area (TPSA) is 111 Å². The van der Waals surface area contributed by atoms with Crippen molar-refractivity contribution in [1.82, 2.24) is 0 Å². The van der Waals surface area contributed by atoms with Gasteiger partial charge >= 0.3 is 17.6 Å². The quantitative estimate of drug-likeness (QED) is 0.133. The van der Waals surface area contributed by atoms with E-state index in [2.05, 4.69) is 0 Å². The summed E-state index contributed by atoms with van der Waals surface area (Å²) in [4.78, 5) is 38.8. The monoisotopic (exact) mass is 596 g/mol. The van der Waals surface area contributed by atoms with Crippen molar-refractivity contribution >= 4 is 35.1 Å². The molecule has 0 aliphatic carbocycles. The molecule has 0 N–H and O–H groups in total. The molecular formula is C35H32O9. The van der Waals surface area contributed by atoms with Crippen LogP contribution in [-0.2, 0) is 19.1 Å². The average Bonchev–Trinajstić information content (AvgIpc) is 3.00. The van der Waals surface area contributed by atoms with Crippen molar-refractivity contribution in [2.45, 2.75) is 38.6 Å². The number of carbonyl (C=O) groups excluding carboxylic acids is 2. The van der Waals surface area contributed by atoms with Gasteiger partial charge in [0.2, 0.25) is 0 Å². The van der Waals surface area contributed by atoms with Crippen LogP contribution >= 0.6 is 0 Å². The summed E-state index contributed by atoms with van der Waals surface area (Å²) < 4.78 is 34.2. The number of hydrogen-bond acceptors (Lipinski definition) is 9. The number of aryl methyl sites for hydroxylation is 1. The van der Waals surface area contributed by atoms with Crippen LogP contribution in [0.2, 0.25) is 0 Å². The second kappa shape index (κ2) is 12.5. The van der Waals surface area contributed by atoms with E-state index in [9.17, 15) is 14.4 Å². The standard InChI is InChI=1S/C35H32O9/c1-21-20-30(38)42-32-26(21)16-17-27-31(32)33(41-28(36)18-10-22-6-12-24(39-4)13-7-22)34(35(2,3)44-27)43-29(37)19-11-23-8-14-25(40-5)15-9-23/h6-20,33-34H,1-5H3/b18-10+,19-11+/t33-,34-/m0/s1. The zero-order chi connectivity index (χ0) is 31.4. The van der Waals surface area contributed by atoms with E-state index in [0.29, 0.717) is 33.8 Å². The van der Waals surface area contributed by atoms with E-state index in [1.54, 1.807) is 108 Å². The number of hydrogen-bond donors (Lipinski definition) is 0. The molecule has 0 bridgehead atoms. The van der Waals surface area contributed by atoms with Crippen LogP contribution in [0.3, 0.4) is 0 Å². The molecule has 1 aliphatic rings. The fourth-order valence-corrected chi connectivity index (χ4v) is 5.01. The smallest absolute Gasteiger partial charge is 0.336 e. The minimum atomic E-state index is -1.17. The Bertz CT molecular complexity index is 1800. The lowest BCUT2D eigenvalue weighted by Gasteiger charge is -2.43. The third-order valence-corrected chi connectivity index (χ3v) is 7.28. The Morgan fingerprint density at radius 3 is 1.89 bits per heavy atom. The van der Waals surface area contributed by atoms with E-state index in [0.717, 1.165) is 11.1 Å². The molecule has 44 heavy (non-hydrogen) atoms. The van der Waals surface area contributed by atoms with Gasteiger partial charge in [0.25, 0.3) is 0 Å². The summed E-state index contributed by atoms with van der Waals surface area (Å²) in [5.74, 6) is 0.327. The summed E-state index contributed by atoms with van der Waals surface area (Å²) in [6.07, 6.45) is 3.47. The first-order valence-corrected chi connectivity index (χ1v) is 13.9. The first-order chi connectivity index (χ1) is 21.1. The normalized spacial score (nSPS) is 17.2. The number of methoxy groups -OCH3 is 2. The van der Waals surface area contributed by atoms with Crippen molar-refractivity contribution in [3.05, 3.63) is 112 Å². The Balaban J connectivity index is 1.51. The second-order valence-electron chi connectivity index (χ2n) is 10.7. The van der Waals surface area contributed by atoms with Gasteiger partial charge in [-0.15, -0.1) is 0 Å². The van der Waals surface area contributed by atoms with Gasteiger partial charge in [0, 0.05) is 23.6 Å². The zero-order valence-corrected chi connectivity index (χ0v) is 25.0. The Hall–Kier alpha value is -5.31. The lowest BCUT2D eigenvalue weighted by molar-refractivity contribution is -0.184. The van der Waals surface area contributed by atoms with Crippen LogP contribution in [0, 0.1) is 6.92 Å². The van der Waals surface area contributed by atoms with Gasteiger partial charge in [-0.3, -0.25) is 0 Å². The minimum Gasteiger partial charge on any atom is -0.497 e. The molecule has 0 radical (unpaired) electrons. The van der Waals surface area contributed by atoms with Crippen molar-refractivity contribution in [2.24, 2.45) is 0 Å². The highest BCUT2D eigenvalue weighted by molar-refractivity contribution is 5.90. The summed E-state index contributed by atoms with van der Waals surface area (Å²) in [6.45, 7) is 5.23. The Morgan fingerprint density at radius 1 is 0.795 bits per heavy atom. The SMILES string of the molecule is COc1ccc(/C=C/C(=O)O[C@H]2c3c(ccc4c(C)cc(=O)oc34)OC(C)(C)[C@H]2OC(=O)/C=C/c2ccc(OC)cc2)cc1. The van der Waals surface area contributed by atoms with Gasteiger partial charge in [0.1, 0.15) is 28.4 Å². The third-order valence-electron chi connectivity index (χ3n) is 7.28. The van der Waals surface area contributed by atoms with Gasteiger partial charge in [0.05, 0.1) is 19.8 Å². The maximum absolute atomic E-state index is 13.3. The lowest BCUT2D eigenvalue weighted by atomic mass is 9.86. The number of esters is 2. The molecule has 0 spiro atoms. The predicted molar refractivity (Wildman–Crippen MR) is 165 cm³/mol. The number of ether oxygens (including phenoxy) is 5. The van der Waals surface area contributed by atoms with Crippen molar-refractivity contribution in [1.29, 1.82) is 0 Å². The lowest BCUT2D eigenvalue weighted by Crippen LogP contribution is -2.52. The second-order valence-corrected chi connectivity index (χ2v) is 10.7. The van der Waals surface area contributed by atoms with Crippen molar-refractivity contribution < 1.29 is 37.7 Å². The van der Waals surface area contributed by atoms with Gasteiger partial charge in [0.15, 0.2) is 12.2 Å². The number of carbonyl (C=O) groups is 2. The molecule has 2 atom stereocenters. The van der Waals surface area contributed by atoms with Gasteiger partial charge in [-0.25, -0.2) is 14.4 Å². The molecular weight excluding hydrogens is 564 g/mol. The van der Waals surface area contributed by atoms with Crippen LogP contribution in [0.5, 0.6) is 17.2 Å². The third kappa shape index (κ3) is 6.52. The van der Waals surface area contributed by atoms with E-state index in [4.69, 9.17) is 28.1 Å². The van der Waals surface area contributed by atoms with Crippen molar-refractivity contribution in [3.8, 4) is 17.2 Å². The fourth-order valence-electron chi connectivity index (χ4n) is 5.01. The van der Waals surface area contributed by atoms with Crippen LogP contribution < -0.4 is 19.8 Å². The average molecular weight is 597 g/mol. The molecule has 1 aromatic heterocycles. The maximum atomic E-state index is 13.3. The predicted octanol–water partition coefficient (Wildman–Crippen LogP) is 6.21. The summed E-state index contributed by atoms with van der Waals surface area (Å²) >= 11 is 0. The highest BCUT2D eigenvalue weighted by atomic mass is 16.6. The molecule has 5 rings (SSSR count). The molecule has 0 fully saturated rings. The molecule has 3 aromatic carbocycles. The largest absolute Gasteiger partial charge is 0.497 e. The molecule has 1 aliphatic heterocycles. The summed E-state index contributed by atoms with van der Waals surface area (Å²) in [6, 6.07) is 19.1. The van der Waals surface area contributed by atoms with E-state index >= 15 is 0 Å². The fraction of sp³-hybridized carbons (Fsp3) is 0.229. The van der Waals surface area contributed by atoms with Crippen LogP contribution in [-0.4, -0.2) is 37.9 Å². The van der Waals surface area contributed by atoms with E-state index in [1.165, 1.54) is 18.2 Å². The number of fused-ring (bicyclic) bond motifs is 3. The molecule has 0 unspecified atom stereocenters. The Labute approximate surface area is 254 Å². The van der Waals surface area contributed by atoms with Gasteiger partial charge < -0.3 is 28.1 Å². The zero-order valence-electron chi connectivity index (χ0n) is 25.0. The molecule has 226 valence electrons. The molecule has 4 aromatic rings. The van der Waals surface area contributed by atoms with E-state index in [-0.39, 0.29) is 5.58 Å². The van der Waals surface area contributed by atoms with Crippen LogP contribution in [0.1, 0.15) is 42.2 Å². The maximum Gasteiger partial charge on any atom is 0.336 e. The van der Waals surface area contributed by atoms with Crippen molar-refractivity contribution in [2.75, 3.05) is 14.2 Å². The highest BCUT2D eigenvalue weighted by Crippen LogP contribution is 2.46. The van der Waals surface area contributed by atoms with Gasteiger partial charge in [-0.2, -0.15) is 0 Å². The van der Waals surface area contributed by atoms with Gasteiger partial charge in [-0.05, 0) is 86.0 Å². The van der Waals surface area contributed by atoms with Crippen LogP contribution in [0.25, 0.3) is 23.1 Å². The van der Waals surface area contributed by atoms with Crippen LogP contribution in [0.15, 0.2) is 88.1 Å². The first kappa shape index (κ1) is 30.2. The summed E-state index contributed by atoms with van der Waals surface area (Å²) in [7, 11) is 3.14. The van der Waals surface area contributed by atoms with E-state index < -0.39 is 35.4 Å². The summed E-state index contributed by atoms with van der Waals surface area (Å²) in [5, 5.41) is 0.631. The molecule has 9 nitrogen and oxygen atoms in total. The highest BCUT2D eigenvalue weighted by Gasteiger charge is 2.50. The first-order valence-electron chi connectivity index (χ1n) is 13.9. The number of benzene rings is 3. The molecule has 0 saturated carbocycles.